The van der Waals surface area contributed by atoms with E-state index in [9.17, 15) is 33.3 Å². The Hall–Kier alpha value is -6.36. The van der Waals surface area contributed by atoms with Crippen LogP contribution in [0, 0.1) is 11.8 Å². The third-order valence-corrected chi connectivity index (χ3v) is 22.2. The van der Waals surface area contributed by atoms with Crippen LogP contribution in [0.4, 0.5) is 31.9 Å². The number of halogens is 2. The van der Waals surface area contributed by atoms with Crippen LogP contribution in [0.2, 0.25) is 0 Å². The largest absolute Gasteiger partial charge is 0.397 e. The molecule has 486 valence electrons. The summed E-state index contributed by atoms with van der Waals surface area (Å²) >= 11 is 0. The number of fused-ring (bicyclic) bond motifs is 10. The Labute approximate surface area is 507 Å². The van der Waals surface area contributed by atoms with Crippen LogP contribution in [0.5, 0.6) is 0 Å². The number of nitrogen functional groups attached to an aromatic ring is 4. The Morgan fingerprint density at radius 2 is 0.933 bits per heavy atom. The van der Waals surface area contributed by atoms with Gasteiger partial charge in [-0.1, -0.05) is 7.43 Å². The second-order valence-electron chi connectivity index (χ2n) is 22.5. The van der Waals surface area contributed by atoms with Gasteiger partial charge in [-0.3, -0.25) is 55.4 Å². The number of aliphatic hydroxyl groups is 2. The lowest BCUT2D eigenvalue weighted by molar-refractivity contribution is -0.0494. The predicted octanol–water partition coefficient (Wildman–Crippen LogP) is 3.35. The fourth-order valence-electron chi connectivity index (χ4n) is 11.9. The zero-order valence-corrected chi connectivity index (χ0v) is 50.9. The van der Waals surface area contributed by atoms with E-state index in [0.29, 0.717) is 33.6 Å². The molecule has 35 nitrogen and oxygen atoms in total. The normalized spacial score (nSPS) is 37.6. The van der Waals surface area contributed by atoms with E-state index in [-0.39, 0.29) is 67.2 Å². The lowest BCUT2D eigenvalue weighted by Gasteiger charge is -2.27. The number of hydrogen-bond acceptors (Lipinski definition) is 30. The first kappa shape index (κ1) is 63.8. The molecular weight excluding hydrogens is 1270 g/mol. The molecule has 0 aliphatic carbocycles. The Balaban J connectivity index is 0.000000172. The van der Waals surface area contributed by atoms with E-state index in [1.807, 2.05) is 0 Å². The van der Waals surface area contributed by atoms with Crippen molar-refractivity contribution >= 4 is 97.7 Å². The molecule has 6 saturated heterocycles. The smallest absolute Gasteiger partial charge is 0.328 e. The number of aliphatic hydroxyl groups excluding tert-OH is 2. The lowest BCUT2D eigenvalue weighted by atomic mass is 10.0. The lowest BCUT2D eigenvalue weighted by Crippen LogP contribution is -2.34. The molecule has 6 aliphatic heterocycles. The molecule has 11 N–H and O–H groups in total. The average molecular weight is 1340 g/mol. The number of nitrogens with one attached hydrogen (secondary N) is 1. The van der Waals surface area contributed by atoms with Crippen molar-refractivity contribution in [3.05, 3.63) is 66.5 Å². The maximum atomic E-state index is 16.1. The summed E-state index contributed by atoms with van der Waals surface area (Å²) in [6.07, 6.45) is -9.06. The minimum atomic E-state index is -4.03. The zero-order valence-electron chi connectivity index (χ0n) is 47.4. The number of pyridine rings is 2. The summed E-state index contributed by atoms with van der Waals surface area (Å²) in [5.74, 6) is -1.72. The number of H-pyrrole nitrogens is 1. The predicted molar refractivity (Wildman–Crippen MR) is 315 cm³/mol. The first-order chi connectivity index (χ1) is 42.2. The second kappa shape index (κ2) is 24.0. The van der Waals surface area contributed by atoms with Crippen molar-refractivity contribution in [1.82, 2.24) is 68.1 Å². The summed E-state index contributed by atoms with van der Waals surface area (Å²) < 4.78 is 151. The Morgan fingerprint density at radius 1 is 0.533 bits per heavy atom. The molecular formula is C49H64F2N18O17P4. The molecule has 41 heteroatoms. The van der Waals surface area contributed by atoms with Gasteiger partial charge in [0.15, 0.2) is 58.7 Å². The number of anilines is 4. The molecule has 0 spiro atoms. The Morgan fingerprint density at radius 3 is 1.41 bits per heavy atom. The van der Waals surface area contributed by atoms with E-state index in [1.54, 1.807) is 16.7 Å². The molecule has 0 radical (unpaired) electrons. The van der Waals surface area contributed by atoms with Crippen molar-refractivity contribution in [3.8, 4) is 0 Å². The molecule has 6 aliphatic rings. The minimum Gasteiger partial charge on any atom is -0.397 e. The van der Waals surface area contributed by atoms with Crippen LogP contribution in [0.25, 0.3) is 44.7 Å². The van der Waals surface area contributed by atoms with Crippen LogP contribution >= 0.6 is 29.9 Å². The van der Waals surface area contributed by atoms with Gasteiger partial charge in [-0.15, -0.1) is 0 Å². The molecule has 0 saturated carbocycles. The number of hydrogen-bond donors (Lipinski definition) is 7. The number of ether oxygens (including phenoxy) is 4. The zero-order chi connectivity index (χ0) is 62.8. The number of aromatic amines is 1. The van der Waals surface area contributed by atoms with Crippen LogP contribution in [0.1, 0.15) is 32.3 Å². The second-order valence-corrected chi connectivity index (χ2v) is 31.9. The molecule has 8 aromatic rings. The fraction of sp³-hybridized carbons (Fsp3) is 0.551. The van der Waals surface area contributed by atoms with Crippen LogP contribution in [-0.2, 0) is 64.4 Å². The van der Waals surface area contributed by atoms with E-state index < -0.39 is 147 Å². The monoisotopic (exact) mass is 1340 g/mol. The highest BCUT2D eigenvalue weighted by atomic mass is 31.2. The highest BCUT2D eigenvalue weighted by Gasteiger charge is 2.55. The Bertz CT molecular complexity index is 4300. The van der Waals surface area contributed by atoms with Gasteiger partial charge in [-0.05, 0) is 12.1 Å². The topological polar surface area (TPSA) is 474 Å². The number of imidazole rings is 4. The first-order valence-corrected chi connectivity index (χ1v) is 36.0. The number of alkyl halides is 2. The molecule has 4 bridgehead atoms. The summed E-state index contributed by atoms with van der Waals surface area (Å²) in [6, 6.07) is 3.12. The van der Waals surface area contributed by atoms with E-state index in [1.165, 1.54) is 77.7 Å². The van der Waals surface area contributed by atoms with Crippen molar-refractivity contribution in [2.45, 2.75) is 93.5 Å². The summed E-state index contributed by atoms with van der Waals surface area (Å²) in [6.45, 7) is 3.49. The van der Waals surface area contributed by atoms with E-state index in [4.69, 9.17) is 69.0 Å². The number of aromatic nitrogens is 14. The summed E-state index contributed by atoms with van der Waals surface area (Å²) in [5.41, 5.74) is 25.7. The third kappa shape index (κ3) is 11.9. The van der Waals surface area contributed by atoms with Crippen molar-refractivity contribution in [2.75, 3.05) is 88.3 Å². The van der Waals surface area contributed by atoms with Crippen molar-refractivity contribution in [2.24, 2.45) is 11.8 Å². The summed E-state index contributed by atoms with van der Waals surface area (Å²) in [5, 5.41) is 22.6. The van der Waals surface area contributed by atoms with Gasteiger partial charge in [0.2, 0.25) is 20.7 Å². The number of nitrogens with two attached hydrogens (primary N) is 4. The van der Waals surface area contributed by atoms with Gasteiger partial charge in [0, 0.05) is 63.2 Å². The van der Waals surface area contributed by atoms with Gasteiger partial charge in [-0.2, -0.15) is 4.98 Å². The SMILES string of the molecule is C.CP1(=O)C[C@@H]2[C@H](O)[C@@H](COP(C)(=O)O[C@H]3[C@@H](F)[C@H](n4cnc5c(N)ccnc54)O[C@@H]3CO1)O[C@H]2n1cnc2c(=O)[nH]c(N)nc21.CP1(=O)C[C@@H]2[C@H](O)[C@@H](COP(C)(=O)O[C@H]3[C@@H](F)[C@H](n4cnc5c(N)ccnc54)O[C@@H]3CO1)O[C@H]2n1cnc2c(N)ncnc21. The summed E-state index contributed by atoms with van der Waals surface area (Å²) in [7, 11) is -15.1. The number of nitrogens with zero attached hydrogens (tertiary/aromatic N) is 13. The van der Waals surface area contributed by atoms with E-state index >= 15 is 8.78 Å². The Kier molecular flexibility index (Phi) is 17.0. The van der Waals surface area contributed by atoms with E-state index in [2.05, 4.69) is 49.8 Å². The standard InChI is InChI=1S/C24H30FN9O9P2.C24H30FN9O8P2.CH4/c1-44(37)7-10-17(35)12(41-22(10)34-9-30-16-20(34)31-24(27)32-21(16)36)5-40-45(2,38)43-18-13(6-39-44)42-23(14(18)25)33-8-29-15-11(26)3-4-28-19(15)33;1-43(36)7-11-18(35)13(40-23(11)33-10-32-17-20(27)29-8-30-22(17)33)5-39-44(2,37)42-19-14(6-38-43)41-24(15(19)25)34-9-31-16-12(26)3-4-28-21(16)34;/h3-4,8-10,12-14,17-18,22-23,35H,5-7H2,1-2H3,(H2,26,28)(H3,27,31,32,36);3-4,8-11,13-15,18-19,23-24,35H,5-7H2,1-2H3,(H2,26,28)(H2,27,29,30);1H4/t10-,12-,13-,14-,17+,18-,22-,23-,44?,45?;11-,13-,14-,15-,18+,19-,23-,24-,43?,44?;/m11./s1. The maximum absolute atomic E-state index is 16.1. The van der Waals surface area contributed by atoms with Gasteiger partial charge < -0.3 is 70.2 Å². The quantitative estimate of drug-likeness (QED) is 0.124. The molecule has 14 heterocycles. The molecule has 0 amide bonds. The number of rotatable bonds is 4. The highest BCUT2D eigenvalue weighted by Crippen LogP contribution is 2.57. The van der Waals surface area contributed by atoms with Crippen molar-refractivity contribution in [3.63, 3.8) is 0 Å². The highest BCUT2D eigenvalue weighted by molar-refractivity contribution is 7.58. The molecule has 20 atom stereocenters. The van der Waals surface area contributed by atoms with Crippen LogP contribution in [-0.4, -0.2) is 205 Å². The van der Waals surface area contributed by atoms with Gasteiger partial charge in [-0.25, -0.2) is 48.7 Å². The summed E-state index contributed by atoms with van der Waals surface area (Å²) in [4.78, 5) is 52.4. The molecule has 0 aromatic carbocycles. The molecule has 6 fully saturated rings. The molecule has 8 aromatic heterocycles. The fourth-order valence-corrected chi connectivity index (χ4v) is 17.7. The van der Waals surface area contributed by atoms with E-state index in [0.717, 1.165) is 6.66 Å². The van der Waals surface area contributed by atoms with Crippen LogP contribution in [0.15, 0.2) is 61.0 Å². The van der Waals surface area contributed by atoms with Crippen molar-refractivity contribution in [1.29, 1.82) is 0 Å². The van der Waals surface area contributed by atoms with Gasteiger partial charge in [0.25, 0.3) is 5.56 Å². The van der Waals surface area contributed by atoms with Crippen molar-refractivity contribution < 1.29 is 83.3 Å². The first-order valence-electron chi connectivity index (χ1n) is 27.5. The maximum Gasteiger partial charge on any atom is 0.328 e. The third-order valence-electron chi connectivity index (χ3n) is 16.1. The van der Waals surface area contributed by atoms with Crippen LogP contribution in [0.3, 0.4) is 0 Å². The molecule has 4 unspecified atom stereocenters. The average Bonchev–Trinajstić information content (AvgIpc) is 1.66. The van der Waals surface area contributed by atoms with Gasteiger partial charge >= 0.3 is 15.2 Å². The van der Waals surface area contributed by atoms with Gasteiger partial charge in [0.1, 0.15) is 72.0 Å². The molecule has 90 heavy (non-hydrogen) atoms. The van der Waals surface area contributed by atoms with Gasteiger partial charge in [0.05, 0.1) is 75.3 Å². The minimum absolute atomic E-state index is 0. The molecule has 14 rings (SSSR count). The van der Waals surface area contributed by atoms with Crippen LogP contribution < -0.4 is 28.5 Å².